The van der Waals surface area contributed by atoms with Gasteiger partial charge in [-0.25, -0.2) is 0 Å². The molecule has 2 atom stereocenters. The van der Waals surface area contributed by atoms with Crippen LogP contribution < -0.4 is 0 Å². The van der Waals surface area contributed by atoms with Crippen molar-refractivity contribution in [1.82, 2.24) is 14.8 Å². The fourth-order valence-electron chi connectivity index (χ4n) is 2.48. The number of hydrogen-bond acceptors (Lipinski definition) is 6. The summed E-state index contributed by atoms with van der Waals surface area (Å²) in [4.78, 5) is 22.7. The lowest BCUT2D eigenvalue weighted by atomic mass is 10.1. The molecule has 24 heavy (non-hydrogen) atoms. The van der Waals surface area contributed by atoms with E-state index in [1.165, 1.54) is 20.8 Å². The molecule has 1 N–H and O–H groups in total. The van der Waals surface area contributed by atoms with Crippen molar-refractivity contribution < 1.29 is 28.0 Å². The second-order valence-corrected chi connectivity index (χ2v) is 5.36. The van der Waals surface area contributed by atoms with Crippen molar-refractivity contribution in [2.75, 3.05) is 0 Å². The van der Waals surface area contributed by atoms with Gasteiger partial charge < -0.3 is 5.11 Å². The van der Waals surface area contributed by atoms with E-state index in [-0.39, 0.29) is 22.1 Å². The monoisotopic (exact) mass is 349 g/mol. The molecule has 132 valence electrons. The standard InChI is InChI=1S/C12H14F3N5O4/c1-6-9(20(23)24)7(2)18(17-6)8(3)10(21)19-11(22,4-5-16-19)12(13,14)15/h5,8,22H,4H2,1-3H3. The molecule has 0 bridgehead atoms. The number of hydrogen-bond donors (Lipinski definition) is 1. The van der Waals surface area contributed by atoms with Gasteiger partial charge in [0.05, 0.1) is 4.92 Å². The fraction of sp³-hybridized carbons (Fsp3) is 0.583. The zero-order valence-corrected chi connectivity index (χ0v) is 12.9. The molecule has 0 spiro atoms. The van der Waals surface area contributed by atoms with E-state index in [1.807, 2.05) is 0 Å². The van der Waals surface area contributed by atoms with Crippen LogP contribution in [0.25, 0.3) is 0 Å². The van der Waals surface area contributed by atoms with Gasteiger partial charge >= 0.3 is 11.9 Å². The van der Waals surface area contributed by atoms with Gasteiger partial charge in [-0.15, -0.1) is 0 Å². The van der Waals surface area contributed by atoms with E-state index in [9.17, 15) is 33.2 Å². The van der Waals surface area contributed by atoms with Gasteiger partial charge in [0, 0.05) is 12.6 Å². The summed E-state index contributed by atoms with van der Waals surface area (Å²) in [6, 6.07) is -1.33. The third-order valence-electron chi connectivity index (χ3n) is 3.78. The van der Waals surface area contributed by atoms with E-state index in [0.29, 0.717) is 0 Å². The zero-order valence-electron chi connectivity index (χ0n) is 12.9. The summed E-state index contributed by atoms with van der Waals surface area (Å²) >= 11 is 0. The molecule has 1 aromatic heterocycles. The number of nitrogens with zero attached hydrogens (tertiary/aromatic N) is 5. The van der Waals surface area contributed by atoms with E-state index in [2.05, 4.69) is 10.2 Å². The van der Waals surface area contributed by atoms with Gasteiger partial charge in [0.15, 0.2) is 0 Å². The molecule has 2 unspecified atom stereocenters. The highest BCUT2D eigenvalue weighted by atomic mass is 19.4. The van der Waals surface area contributed by atoms with Gasteiger partial charge in [-0.3, -0.25) is 19.6 Å². The maximum atomic E-state index is 13.0. The maximum absolute atomic E-state index is 13.0. The van der Waals surface area contributed by atoms with Crippen LogP contribution in [0.1, 0.15) is 30.8 Å². The third kappa shape index (κ3) is 2.52. The first-order valence-electron chi connectivity index (χ1n) is 6.77. The molecule has 1 aromatic rings. The Hall–Kier alpha value is -2.50. The lowest BCUT2D eigenvalue weighted by Crippen LogP contribution is -2.57. The molecule has 0 saturated carbocycles. The number of nitro groups is 1. The van der Waals surface area contributed by atoms with E-state index >= 15 is 0 Å². The first-order chi connectivity index (χ1) is 10.9. The van der Waals surface area contributed by atoms with E-state index < -0.39 is 35.2 Å². The Morgan fingerprint density at radius 2 is 2.08 bits per heavy atom. The zero-order chi connectivity index (χ0) is 18.4. The van der Waals surface area contributed by atoms with Gasteiger partial charge in [0.25, 0.3) is 11.6 Å². The Balaban J connectivity index is 2.39. The second kappa shape index (κ2) is 5.54. The number of hydrazone groups is 1. The first-order valence-corrected chi connectivity index (χ1v) is 6.77. The average Bonchev–Trinajstić information content (AvgIpc) is 2.98. The smallest absolute Gasteiger partial charge is 0.362 e. The SMILES string of the molecule is Cc1nn(C(C)C(=O)N2N=CCC2(O)C(F)(F)F)c(C)c1[N+](=O)[O-]. The molecule has 1 aliphatic rings. The summed E-state index contributed by atoms with van der Waals surface area (Å²) in [6.07, 6.45) is -5.23. The molecular weight excluding hydrogens is 335 g/mol. The van der Waals surface area contributed by atoms with Crippen LogP contribution in [-0.4, -0.2) is 48.8 Å². The Morgan fingerprint density at radius 1 is 1.50 bits per heavy atom. The summed E-state index contributed by atoms with van der Waals surface area (Å²) in [7, 11) is 0. The summed E-state index contributed by atoms with van der Waals surface area (Å²) in [5.74, 6) is -1.19. The highest BCUT2D eigenvalue weighted by Gasteiger charge is 2.62. The number of amides is 1. The van der Waals surface area contributed by atoms with Crippen LogP contribution in [0.4, 0.5) is 18.9 Å². The lowest BCUT2D eigenvalue weighted by Gasteiger charge is -2.33. The van der Waals surface area contributed by atoms with Crippen LogP contribution in [0, 0.1) is 24.0 Å². The molecule has 0 fully saturated rings. The minimum atomic E-state index is -5.11. The Kier molecular flexibility index (Phi) is 4.12. The van der Waals surface area contributed by atoms with Crippen LogP contribution in [0.15, 0.2) is 5.10 Å². The normalized spacial score (nSPS) is 22.0. The number of aryl methyl sites for hydroxylation is 1. The molecule has 2 rings (SSSR count). The maximum Gasteiger partial charge on any atom is 0.438 e. The molecular formula is C12H14F3N5O4. The van der Waals surface area contributed by atoms with Crippen molar-refractivity contribution in [2.45, 2.75) is 45.1 Å². The van der Waals surface area contributed by atoms with Crippen LogP contribution in [0.2, 0.25) is 0 Å². The van der Waals surface area contributed by atoms with Gasteiger partial charge in [-0.2, -0.15) is 28.4 Å². The van der Waals surface area contributed by atoms with Crippen molar-refractivity contribution in [1.29, 1.82) is 0 Å². The summed E-state index contributed by atoms with van der Waals surface area (Å²) in [5.41, 5.74) is -3.74. The molecule has 0 aromatic carbocycles. The molecule has 12 heteroatoms. The number of carbonyl (C=O) groups is 1. The summed E-state index contributed by atoms with van der Waals surface area (Å²) in [6.45, 7) is 3.89. The highest BCUT2D eigenvalue weighted by Crippen LogP contribution is 2.39. The van der Waals surface area contributed by atoms with Crippen molar-refractivity contribution >= 4 is 17.8 Å². The lowest BCUT2D eigenvalue weighted by molar-refractivity contribution is -0.386. The predicted molar refractivity (Wildman–Crippen MR) is 74.0 cm³/mol. The predicted octanol–water partition coefficient (Wildman–Crippen LogP) is 1.44. The number of aliphatic hydroxyl groups is 1. The Morgan fingerprint density at radius 3 is 2.54 bits per heavy atom. The minimum Gasteiger partial charge on any atom is -0.362 e. The number of rotatable bonds is 3. The van der Waals surface area contributed by atoms with Gasteiger partial charge in [-0.1, -0.05) is 0 Å². The first kappa shape index (κ1) is 17.8. The molecule has 9 nitrogen and oxygen atoms in total. The summed E-state index contributed by atoms with van der Waals surface area (Å²) < 4.78 is 40.1. The number of alkyl halides is 3. The van der Waals surface area contributed by atoms with E-state index in [1.54, 1.807) is 0 Å². The topological polar surface area (TPSA) is 114 Å². The Bertz CT molecular complexity index is 729. The molecule has 1 aliphatic heterocycles. The van der Waals surface area contributed by atoms with Crippen molar-refractivity contribution in [3.63, 3.8) is 0 Å². The molecule has 0 radical (unpaired) electrons. The Labute approximate surface area is 133 Å². The van der Waals surface area contributed by atoms with Crippen LogP contribution in [0.3, 0.4) is 0 Å². The van der Waals surface area contributed by atoms with E-state index in [0.717, 1.165) is 10.9 Å². The minimum absolute atomic E-state index is 0.0112. The van der Waals surface area contributed by atoms with Crippen LogP contribution in [0.5, 0.6) is 0 Å². The highest BCUT2D eigenvalue weighted by molar-refractivity contribution is 5.83. The van der Waals surface area contributed by atoms with Crippen LogP contribution in [-0.2, 0) is 4.79 Å². The molecule has 0 aliphatic carbocycles. The third-order valence-corrected chi connectivity index (χ3v) is 3.78. The molecule has 0 saturated heterocycles. The quantitative estimate of drug-likeness (QED) is 0.655. The van der Waals surface area contributed by atoms with E-state index in [4.69, 9.17) is 0 Å². The fourth-order valence-corrected chi connectivity index (χ4v) is 2.48. The molecule has 2 heterocycles. The van der Waals surface area contributed by atoms with Crippen molar-refractivity contribution in [3.05, 3.63) is 21.5 Å². The van der Waals surface area contributed by atoms with Crippen molar-refractivity contribution in [3.8, 4) is 0 Å². The van der Waals surface area contributed by atoms with Gasteiger partial charge in [-0.05, 0) is 20.8 Å². The van der Waals surface area contributed by atoms with Gasteiger partial charge in [0.1, 0.15) is 17.4 Å². The summed E-state index contributed by atoms with van der Waals surface area (Å²) in [5, 5.41) is 27.9. The van der Waals surface area contributed by atoms with Gasteiger partial charge in [0.2, 0.25) is 0 Å². The van der Waals surface area contributed by atoms with Crippen molar-refractivity contribution in [2.24, 2.45) is 5.10 Å². The number of carbonyl (C=O) groups excluding carboxylic acids is 1. The molecule has 1 amide bonds. The second-order valence-electron chi connectivity index (χ2n) is 5.36. The van der Waals surface area contributed by atoms with Crippen LogP contribution >= 0.6 is 0 Å². The average molecular weight is 349 g/mol. The number of halogens is 3. The largest absolute Gasteiger partial charge is 0.438 e. The number of aromatic nitrogens is 2.